The molecule has 1 amide bonds. The highest BCUT2D eigenvalue weighted by molar-refractivity contribution is 5.85. The molecular formula is C34H38FN3O3. The van der Waals surface area contributed by atoms with E-state index in [1.54, 1.807) is 36.1 Å². The zero-order chi connectivity index (χ0) is 29.2. The number of allylic oxidation sites excluding steroid dienone is 5. The highest BCUT2D eigenvalue weighted by Crippen LogP contribution is 2.24. The van der Waals surface area contributed by atoms with Gasteiger partial charge in [-0.15, -0.1) is 0 Å². The number of rotatable bonds is 12. The molecule has 0 bridgehead atoms. The lowest BCUT2D eigenvalue weighted by Gasteiger charge is -2.38. The fraction of sp³-hybridized carbons (Fsp3) is 0.382. The van der Waals surface area contributed by atoms with Gasteiger partial charge in [0.15, 0.2) is 5.78 Å². The molecule has 1 aliphatic heterocycles. The van der Waals surface area contributed by atoms with Crippen molar-refractivity contribution >= 4 is 11.7 Å². The molecule has 7 heteroatoms. The van der Waals surface area contributed by atoms with Gasteiger partial charge in [-0.1, -0.05) is 48.9 Å². The molecule has 2 aliphatic rings. The van der Waals surface area contributed by atoms with Crippen molar-refractivity contribution in [3.8, 4) is 6.07 Å². The molecule has 0 radical (unpaired) electrons. The van der Waals surface area contributed by atoms with Crippen molar-refractivity contribution < 1.29 is 18.7 Å². The standard InChI is InChI=1S/C34H38FN3O3/c1-24(28-16-13-27(20-36)14-17-28)21-37-34(29-9-6-10-30(35)19-29)33(40)12-5-8-26-7-3-4-11-31(18-15-26)41-32-22-38(23-32)25(2)39/h6-7,9-11,13-19,24,32,34,37H,3-5,8,12,21-23H2,1-2H3/b18-15-,26-7+,31-11+. The second-order valence-corrected chi connectivity index (χ2v) is 10.8. The number of hydrogen-bond acceptors (Lipinski definition) is 5. The summed E-state index contributed by atoms with van der Waals surface area (Å²) in [6, 6.07) is 15.2. The van der Waals surface area contributed by atoms with Gasteiger partial charge in [0.1, 0.15) is 17.7 Å². The zero-order valence-electron chi connectivity index (χ0n) is 23.8. The summed E-state index contributed by atoms with van der Waals surface area (Å²) in [4.78, 5) is 26.6. The Kier molecular flexibility index (Phi) is 10.6. The van der Waals surface area contributed by atoms with Crippen LogP contribution in [0.5, 0.6) is 0 Å². The molecule has 6 nitrogen and oxygen atoms in total. The lowest BCUT2D eigenvalue weighted by molar-refractivity contribution is -0.139. The Hall–Kier alpha value is -4.02. The van der Waals surface area contributed by atoms with Crippen LogP contribution in [0.3, 0.4) is 0 Å². The summed E-state index contributed by atoms with van der Waals surface area (Å²) in [6.45, 7) is 5.41. The summed E-state index contributed by atoms with van der Waals surface area (Å²) in [5.41, 5.74) is 3.46. The fourth-order valence-electron chi connectivity index (χ4n) is 5.07. The van der Waals surface area contributed by atoms with Gasteiger partial charge in [0.05, 0.1) is 30.8 Å². The van der Waals surface area contributed by atoms with Crippen molar-refractivity contribution in [1.82, 2.24) is 10.2 Å². The molecule has 2 atom stereocenters. The van der Waals surface area contributed by atoms with Crippen LogP contribution in [-0.4, -0.2) is 42.3 Å². The number of carbonyl (C=O) groups excluding carboxylic acids is 2. The third-order valence-electron chi connectivity index (χ3n) is 7.61. The largest absolute Gasteiger partial charge is 0.487 e. The van der Waals surface area contributed by atoms with Gasteiger partial charge in [-0.3, -0.25) is 9.59 Å². The first-order chi connectivity index (χ1) is 19.8. The van der Waals surface area contributed by atoms with E-state index in [-0.39, 0.29) is 29.5 Å². The maximum atomic E-state index is 14.1. The van der Waals surface area contributed by atoms with Crippen LogP contribution in [0, 0.1) is 17.1 Å². The van der Waals surface area contributed by atoms with Crippen molar-refractivity contribution in [2.75, 3.05) is 19.6 Å². The summed E-state index contributed by atoms with van der Waals surface area (Å²) < 4.78 is 20.1. The minimum absolute atomic E-state index is 0.0296. The van der Waals surface area contributed by atoms with Gasteiger partial charge in [-0.25, -0.2) is 4.39 Å². The van der Waals surface area contributed by atoms with E-state index in [1.807, 2.05) is 18.2 Å². The Morgan fingerprint density at radius 2 is 1.85 bits per heavy atom. The SMILES string of the molecule is CC(=O)N1CC(OC2=C/CC/C=C(CCCC(=O)C(NCC(C)c3ccc(C#N)cc3)c3cccc(F)c3)/C=C\2)C1. The van der Waals surface area contributed by atoms with Crippen molar-refractivity contribution in [3.63, 3.8) is 0 Å². The normalized spacial score (nSPS) is 20.1. The summed E-state index contributed by atoms with van der Waals surface area (Å²) in [5, 5.41) is 12.4. The molecule has 1 heterocycles. The molecule has 41 heavy (non-hydrogen) atoms. The molecule has 0 spiro atoms. The van der Waals surface area contributed by atoms with Gasteiger partial charge in [-0.2, -0.15) is 5.26 Å². The Balaban J connectivity index is 1.31. The van der Waals surface area contributed by atoms with Gasteiger partial charge >= 0.3 is 0 Å². The molecular weight excluding hydrogens is 517 g/mol. The van der Waals surface area contributed by atoms with Gasteiger partial charge in [0.25, 0.3) is 0 Å². The van der Waals surface area contributed by atoms with Crippen LogP contribution in [0.2, 0.25) is 0 Å². The Bertz CT molecular complexity index is 1350. The van der Waals surface area contributed by atoms with Crippen LogP contribution in [0.15, 0.2) is 84.2 Å². The van der Waals surface area contributed by atoms with Gasteiger partial charge < -0.3 is 15.0 Å². The molecule has 2 aromatic carbocycles. The zero-order valence-corrected chi connectivity index (χ0v) is 23.8. The third kappa shape index (κ3) is 8.73. The van der Waals surface area contributed by atoms with Crippen molar-refractivity contribution in [2.24, 2.45) is 0 Å². The quantitative estimate of drug-likeness (QED) is 0.333. The van der Waals surface area contributed by atoms with Crippen molar-refractivity contribution in [2.45, 2.75) is 64.0 Å². The average molecular weight is 556 g/mol. The number of hydrogen-bond donors (Lipinski definition) is 1. The second kappa shape index (κ2) is 14.6. The van der Waals surface area contributed by atoms with Crippen LogP contribution in [0.4, 0.5) is 4.39 Å². The minimum Gasteiger partial charge on any atom is -0.487 e. The Morgan fingerprint density at radius 1 is 1.10 bits per heavy atom. The topological polar surface area (TPSA) is 82.4 Å². The van der Waals surface area contributed by atoms with Crippen LogP contribution < -0.4 is 5.32 Å². The molecule has 1 N–H and O–H groups in total. The molecule has 2 aromatic rings. The molecule has 1 saturated heterocycles. The molecule has 214 valence electrons. The van der Waals surface area contributed by atoms with E-state index < -0.39 is 6.04 Å². The molecule has 1 fully saturated rings. The molecule has 2 unspecified atom stereocenters. The lowest BCUT2D eigenvalue weighted by Crippen LogP contribution is -2.53. The number of ether oxygens (including phenoxy) is 1. The molecule has 0 aromatic heterocycles. The van der Waals surface area contributed by atoms with E-state index >= 15 is 0 Å². The monoisotopic (exact) mass is 555 g/mol. The van der Waals surface area contributed by atoms with Gasteiger partial charge in [-0.05, 0) is 79.1 Å². The number of benzene rings is 2. The van der Waals surface area contributed by atoms with E-state index in [2.05, 4.69) is 36.5 Å². The first-order valence-electron chi connectivity index (χ1n) is 14.3. The van der Waals surface area contributed by atoms with Gasteiger partial charge in [0, 0.05) is 19.9 Å². The highest BCUT2D eigenvalue weighted by Gasteiger charge is 2.30. The second-order valence-electron chi connectivity index (χ2n) is 10.8. The number of nitrogens with one attached hydrogen (secondary N) is 1. The summed E-state index contributed by atoms with van der Waals surface area (Å²) in [5.74, 6) is 0.664. The summed E-state index contributed by atoms with van der Waals surface area (Å²) in [6.07, 6.45) is 11.9. The smallest absolute Gasteiger partial charge is 0.219 e. The van der Waals surface area contributed by atoms with E-state index in [0.29, 0.717) is 43.6 Å². The highest BCUT2D eigenvalue weighted by atomic mass is 19.1. The number of halogens is 1. The number of amides is 1. The van der Waals surface area contributed by atoms with Crippen molar-refractivity contribution in [3.05, 3.63) is 107 Å². The van der Waals surface area contributed by atoms with Crippen LogP contribution in [0.25, 0.3) is 0 Å². The van der Waals surface area contributed by atoms with Gasteiger partial charge in [0.2, 0.25) is 5.91 Å². The molecule has 0 saturated carbocycles. The maximum Gasteiger partial charge on any atom is 0.219 e. The van der Waals surface area contributed by atoms with Crippen LogP contribution >= 0.6 is 0 Å². The average Bonchev–Trinajstić information content (AvgIpc) is 2.92. The predicted octanol–water partition coefficient (Wildman–Crippen LogP) is 6.28. The fourth-order valence-corrected chi connectivity index (χ4v) is 5.07. The molecule has 4 rings (SSSR count). The minimum atomic E-state index is -0.603. The summed E-state index contributed by atoms with van der Waals surface area (Å²) >= 11 is 0. The van der Waals surface area contributed by atoms with E-state index in [9.17, 15) is 14.0 Å². The number of nitriles is 1. The predicted molar refractivity (Wildman–Crippen MR) is 157 cm³/mol. The first kappa shape index (κ1) is 30.0. The Labute approximate surface area is 242 Å². The van der Waals surface area contributed by atoms with E-state index in [0.717, 1.165) is 36.2 Å². The maximum absolute atomic E-state index is 14.1. The summed E-state index contributed by atoms with van der Waals surface area (Å²) in [7, 11) is 0. The van der Waals surface area contributed by atoms with E-state index in [1.165, 1.54) is 12.1 Å². The third-order valence-corrected chi connectivity index (χ3v) is 7.61. The first-order valence-corrected chi connectivity index (χ1v) is 14.3. The number of likely N-dealkylation sites (tertiary alicyclic amines) is 1. The van der Waals surface area contributed by atoms with Crippen molar-refractivity contribution in [1.29, 1.82) is 5.26 Å². The number of ketones is 1. The Morgan fingerprint density at radius 3 is 2.56 bits per heavy atom. The number of carbonyl (C=O) groups is 2. The van der Waals surface area contributed by atoms with Crippen LogP contribution in [-0.2, 0) is 14.3 Å². The number of nitrogens with zero attached hydrogens (tertiary/aromatic N) is 2. The van der Waals surface area contributed by atoms with E-state index in [4.69, 9.17) is 10.00 Å². The van der Waals surface area contributed by atoms with Crippen LogP contribution in [0.1, 0.15) is 74.6 Å². The number of Topliss-reactive ketones (excluding diaryl/α,β-unsaturated/α-hetero) is 1. The lowest BCUT2D eigenvalue weighted by atomic mass is 9.95. The molecule has 1 aliphatic carbocycles.